The lowest BCUT2D eigenvalue weighted by atomic mass is 9.93. The van der Waals surface area contributed by atoms with E-state index in [0.29, 0.717) is 33.3 Å². The minimum atomic E-state index is -0.317. The van der Waals surface area contributed by atoms with Crippen molar-refractivity contribution >= 4 is 44.8 Å². The number of aryl methyl sites for hydroxylation is 2. The van der Waals surface area contributed by atoms with E-state index < -0.39 is 0 Å². The fourth-order valence-corrected chi connectivity index (χ4v) is 5.13. The maximum atomic E-state index is 9.74. The molecule has 3 aromatic carbocycles. The van der Waals surface area contributed by atoms with Crippen LogP contribution in [0.2, 0.25) is 0 Å². The third-order valence-corrected chi connectivity index (χ3v) is 6.93. The van der Waals surface area contributed by atoms with Crippen LogP contribution in [-0.4, -0.2) is 19.1 Å². The highest BCUT2D eigenvalue weighted by atomic mass is 15.1. The molecule has 5 rings (SSSR count). The van der Waals surface area contributed by atoms with Gasteiger partial charge in [0, 0.05) is 36.3 Å². The van der Waals surface area contributed by atoms with Gasteiger partial charge in [0.05, 0.1) is 47.3 Å². The van der Waals surface area contributed by atoms with Crippen molar-refractivity contribution < 1.29 is 0 Å². The summed E-state index contributed by atoms with van der Waals surface area (Å²) in [5, 5.41) is 39.0. The van der Waals surface area contributed by atoms with Crippen molar-refractivity contribution in [1.82, 2.24) is 19.1 Å². The highest BCUT2D eigenvalue weighted by molar-refractivity contribution is 6.18. The van der Waals surface area contributed by atoms with Gasteiger partial charge in [-0.3, -0.25) is 0 Å². The highest BCUT2D eigenvalue weighted by Crippen LogP contribution is 2.43. The molecule has 12 nitrogen and oxygen atoms in total. The number of rotatable bonds is 2. The van der Waals surface area contributed by atoms with E-state index in [1.54, 1.807) is 38.4 Å². The monoisotopic (exact) mass is 564 g/mol. The van der Waals surface area contributed by atoms with E-state index >= 15 is 0 Å². The molecule has 200 valence electrons. The van der Waals surface area contributed by atoms with Crippen molar-refractivity contribution in [3.05, 3.63) is 104 Å². The normalized spacial score (nSPS) is 9.86. The molecule has 2 aromatic heterocycles. The Morgan fingerprint density at radius 2 is 1.09 bits per heavy atom. The average molecular weight is 565 g/mol. The SMILES string of the molecule is [C-]#[N+]C([N+]#[C-])=c1nc2c(-c3cc(C#N)cc([N+]#[C-])c3)c3c(nc(=C(C#N)C#N)n3C)c(-c3cc(C#N)cc([N+]#[C-])c3)c2n1C. The van der Waals surface area contributed by atoms with Crippen molar-refractivity contribution in [3.8, 4) is 46.5 Å². The van der Waals surface area contributed by atoms with Crippen LogP contribution in [0.3, 0.4) is 0 Å². The van der Waals surface area contributed by atoms with E-state index in [0.717, 1.165) is 0 Å². The third kappa shape index (κ3) is 4.09. The molecular formula is C32H12N12. The van der Waals surface area contributed by atoms with Gasteiger partial charge in [0.1, 0.15) is 25.3 Å². The zero-order valence-corrected chi connectivity index (χ0v) is 22.8. The minimum Gasteiger partial charge on any atom is -0.329 e. The number of benzene rings is 3. The maximum Gasteiger partial charge on any atom is 0.562 e. The van der Waals surface area contributed by atoms with Crippen LogP contribution in [0.4, 0.5) is 11.4 Å². The summed E-state index contributed by atoms with van der Waals surface area (Å²) in [4.78, 5) is 23.2. The molecule has 0 aliphatic rings. The summed E-state index contributed by atoms with van der Waals surface area (Å²) in [7, 11) is 3.20. The lowest BCUT2D eigenvalue weighted by Crippen LogP contribution is -2.18. The van der Waals surface area contributed by atoms with E-state index in [1.807, 2.05) is 12.1 Å². The van der Waals surface area contributed by atoms with Crippen LogP contribution in [0.5, 0.6) is 0 Å². The molecular weight excluding hydrogens is 552 g/mol. The Morgan fingerprint density at radius 3 is 1.48 bits per heavy atom. The first-order chi connectivity index (χ1) is 21.3. The molecule has 12 heteroatoms. The van der Waals surface area contributed by atoms with Crippen molar-refractivity contribution in [2.24, 2.45) is 14.1 Å². The predicted molar refractivity (Wildman–Crippen MR) is 158 cm³/mol. The topological polar surface area (TPSA) is 148 Å². The Morgan fingerprint density at radius 1 is 0.659 bits per heavy atom. The predicted octanol–water partition coefficient (Wildman–Crippen LogP) is 4.74. The Kier molecular flexibility index (Phi) is 6.75. The van der Waals surface area contributed by atoms with Crippen LogP contribution < -0.4 is 11.0 Å². The Balaban J connectivity index is 2.24. The van der Waals surface area contributed by atoms with Gasteiger partial charge >= 0.3 is 5.82 Å². The van der Waals surface area contributed by atoms with Gasteiger partial charge in [-0.05, 0) is 47.5 Å². The van der Waals surface area contributed by atoms with Crippen LogP contribution >= 0.6 is 0 Å². The van der Waals surface area contributed by atoms with Crippen LogP contribution in [0.15, 0.2) is 36.4 Å². The first kappa shape index (κ1) is 27.8. The minimum absolute atomic E-state index is 0.0290. The molecule has 0 amide bonds. The van der Waals surface area contributed by atoms with Gasteiger partial charge in [0.25, 0.3) is 0 Å². The molecule has 0 bridgehead atoms. The fraction of sp³-hybridized carbons (Fsp3) is 0.0625. The molecule has 0 aliphatic carbocycles. The Hall–Kier alpha value is -7.74. The molecule has 0 saturated heterocycles. The van der Waals surface area contributed by atoms with Gasteiger partial charge in [-0.2, -0.15) is 30.7 Å². The van der Waals surface area contributed by atoms with Crippen molar-refractivity contribution in [2.45, 2.75) is 0 Å². The Labute approximate surface area is 249 Å². The number of imidazole rings is 2. The van der Waals surface area contributed by atoms with Crippen LogP contribution in [-0.2, 0) is 14.1 Å². The molecule has 0 aliphatic heterocycles. The lowest BCUT2D eigenvalue weighted by molar-refractivity contribution is 0.895. The quantitative estimate of drug-likeness (QED) is 0.283. The van der Waals surface area contributed by atoms with Crippen LogP contribution in [0.1, 0.15) is 11.1 Å². The summed E-state index contributed by atoms with van der Waals surface area (Å²) >= 11 is 0. The fourth-order valence-electron chi connectivity index (χ4n) is 5.13. The molecule has 0 spiro atoms. The number of aromatic nitrogens is 4. The summed E-state index contributed by atoms with van der Waals surface area (Å²) in [6.45, 7) is 30.4. The van der Waals surface area contributed by atoms with Gasteiger partial charge in [-0.1, -0.05) is 0 Å². The first-order valence-corrected chi connectivity index (χ1v) is 12.3. The molecule has 0 unspecified atom stereocenters. The summed E-state index contributed by atoms with van der Waals surface area (Å²) < 4.78 is 3.06. The average Bonchev–Trinajstić information content (AvgIpc) is 3.57. The molecule has 0 atom stereocenters. The van der Waals surface area contributed by atoms with Gasteiger partial charge in [-0.15, -0.1) is 0 Å². The van der Waals surface area contributed by atoms with E-state index in [1.165, 1.54) is 21.3 Å². The van der Waals surface area contributed by atoms with Crippen molar-refractivity contribution in [2.75, 3.05) is 0 Å². The second-order valence-corrected chi connectivity index (χ2v) is 9.26. The van der Waals surface area contributed by atoms with Gasteiger partial charge in [0.15, 0.2) is 22.4 Å². The van der Waals surface area contributed by atoms with Crippen LogP contribution in [0, 0.1) is 71.6 Å². The molecule has 44 heavy (non-hydrogen) atoms. The molecule has 2 heterocycles. The number of nitrogens with zero attached hydrogens (tertiary/aromatic N) is 12. The summed E-state index contributed by atoms with van der Waals surface area (Å²) in [5.41, 5.74) is 3.28. The smallest absolute Gasteiger partial charge is 0.329 e. The van der Waals surface area contributed by atoms with E-state index in [4.69, 9.17) is 36.3 Å². The molecule has 0 fully saturated rings. The summed E-state index contributed by atoms with van der Waals surface area (Å²) in [5.74, 6) is -0.317. The number of hydrogen-bond donors (Lipinski definition) is 0. The van der Waals surface area contributed by atoms with Crippen molar-refractivity contribution in [1.29, 1.82) is 21.0 Å². The van der Waals surface area contributed by atoms with Gasteiger partial charge < -0.3 is 9.13 Å². The molecule has 0 N–H and O–H groups in total. The number of hydrogen-bond acceptors (Lipinski definition) is 6. The largest absolute Gasteiger partial charge is 0.562 e. The standard InChI is InChI=1S/C32H12N12/c1-37-22-9-17(13-33)7-19(11-22)24-26-28(43(5)31(41-26)21(15-35)16-36)25(20-8-18(14-34)10-23(12-20)38-2)27-29(24)44(6)32(42-27)30(39-3)40-4/h7-12H,5-6H3. The van der Waals surface area contributed by atoms with E-state index in [-0.39, 0.29) is 55.9 Å². The molecule has 0 saturated carbocycles. The van der Waals surface area contributed by atoms with E-state index in [9.17, 15) is 21.0 Å². The third-order valence-electron chi connectivity index (χ3n) is 6.93. The van der Waals surface area contributed by atoms with Crippen molar-refractivity contribution in [3.63, 3.8) is 0 Å². The Bertz CT molecular complexity index is 2330. The number of fused-ring (bicyclic) bond motifs is 2. The number of nitriles is 4. The molecule has 5 aromatic rings. The van der Waals surface area contributed by atoms with E-state index in [2.05, 4.69) is 31.5 Å². The first-order valence-electron chi connectivity index (χ1n) is 12.3. The summed E-state index contributed by atoms with van der Waals surface area (Å²) in [6, 6.07) is 16.9. The second kappa shape index (κ2) is 10.7. The zero-order chi connectivity index (χ0) is 31.7. The van der Waals surface area contributed by atoms with Gasteiger partial charge in [-0.25, -0.2) is 19.7 Å². The maximum absolute atomic E-state index is 9.74. The van der Waals surface area contributed by atoms with Crippen LogP contribution in [0.25, 0.3) is 75.1 Å². The second-order valence-electron chi connectivity index (χ2n) is 9.26. The lowest BCUT2D eigenvalue weighted by Gasteiger charge is -2.14. The summed E-state index contributed by atoms with van der Waals surface area (Å²) in [6.07, 6.45) is 0. The highest BCUT2D eigenvalue weighted by Gasteiger charge is 2.27. The van der Waals surface area contributed by atoms with Gasteiger partial charge in [0.2, 0.25) is 5.48 Å². The molecule has 0 radical (unpaired) electrons. The zero-order valence-electron chi connectivity index (χ0n) is 22.8.